The first-order valence-electron chi connectivity index (χ1n) is 5.76. The molecule has 0 radical (unpaired) electrons. The number of aryl methyl sites for hydroxylation is 1. The highest BCUT2D eigenvalue weighted by atomic mass is 16.5. The summed E-state index contributed by atoms with van der Waals surface area (Å²) >= 11 is 0. The highest BCUT2D eigenvalue weighted by molar-refractivity contribution is 5.93. The van der Waals surface area contributed by atoms with Crippen LogP contribution in [-0.4, -0.2) is 34.9 Å². The fourth-order valence-electron chi connectivity index (χ4n) is 1.49. The highest BCUT2D eigenvalue weighted by Crippen LogP contribution is 2.09. The third-order valence-corrected chi connectivity index (χ3v) is 2.43. The Kier molecular flexibility index (Phi) is 3.91. The lowest BCUT2D eigenvalue weighted by Crippen LogP contribution is -2.30. The molecule has 0 aliphatic carbocycles. The Morgan fingerprint density at radius 1 is 1.50 bits per heavy atom. The minimum absolute atomic E-state index is 0.0759. The quantitative estimate of drug-likeness (QED) is 0.873. The molecule has 2 aromatic rings. The number of carbonyl (C=O) groups is 1. The average Bonchev–Trinajstić information content (AvgIpc) is 2.84. The number of rotatable bonds is 4. The molecule has 102 valence electrons. The molecule has 0 fully saturated rings. The predicted octanol–water partition coefficient (Wildman–Crippen LogP) is 0.720. The predicted molar refractivity (Wildman–Crippen MR) is 69.9 cm³/mol. The van der Waals surface area contributed by atoms with Gasteiger partial charge in [-0.15, -0.1) is 10.2 Å². The lowest BCUT2D eigenvalue weighted by Gasteiger charge is -2.16. The summed E-state index contributed by atoms with van der Waals surface area (Å²) in [6.45, 7) is 1.81. The fraction of sp³-hybridized carbons (Fsp3) is 0.250. The van der Waals surface area contributed by atoms with E-state index >= 15 is 0 Å². The molecule has 0 aliphatic rings. The Labute approximate surface area is 115 Å². The molecule has 0 unspecified atom stereocenters. The van der Waals surface area contributed by atoms with Gasteiger partial charge in [-0.3, -0.25) is 4.79 Å². The molecule has 0 bridgehead atoms. The number of carbonyl (C=O) groups excluding carboxylic acids is 1. The minimum Gasteiger partial charge on any atom is -0.360 e. The molecule has 0 atom stereocenters. The molecule has 8 nitrogen and oxygen atoms in total. The van der Waals surface area contributed by atoms with E-state index in [1.807, 2.05) is 6.07 Å². The van der Waals surface area contributed by atoms with Gasteiger partial charge in [0.15, 0.2) is 17.3 Å². The maximum Gasteiger partial charge on any atom is 0.245 e. The summed E-state index contributed by atoms with van der Waals surface area (Å²) in [6, 6.07) is 6.67. The summed E-state index contributed by atoms with van der Waals surface area (Å²) in [6.07, 6.45) is 0. The molecule has 0 aromatic carbocycles. The first kappa shape index (κ1) is 13.5. The molecular formula is C12H12N6O2. The van der Waals surface area contributed by atoms with Gasteiger partial charge in [-0.1, -0.05) is 5.16 Å². The van der Waals surface area contributed by atoms with E-state index < -0.39 is 0 Å². The van der Waals surface area contributed by atoms with Crippen LogP contribution in [0.1, 0.15) is 11.5 Å². The highest BCUT2D eigenvalue weighted by Gasteiger charge is 2.11. The Morgan fingerprint density at radius 3 is 2.85 bits per heavy atom. The lowest BCUT2D eigenvalue weighted by molar-refractivity contribution is -0.115. The molecule has 8 heteroatoms. The second-order valence-corrected chi connectivity index (χ2v) is 4.12. The molecule has 0 spiro atoms. The van der Waals surface area contributed by atoms with Crippen molar-refractivity contribution < 1.29 is 9.32 Å². The largest absolute Gasteiger partial charge is 0.360 e. The topological polar surface area (TPSA) is 108 Å². The molecule has 2 heterocycles. The van der Waals surface area contributed by atoms with Crippen molar-refractivity contribution in [2.45, 2.75) is 6.92 Å². The number of nitrogens with one attached hydrogen (secondary N) is 1. The molecular weight excluding hydrogens is 260 g/mol. The first-order chi connectivity index (χ1) is 9.58. The summed E-state index contributed by atoms with van der Waals surface area (Å²) in [7, 11) is 1.70. The normalized spacial score (nSPS) is 9.85. The number of nitriles is 1. The number of likely N-dealkylation sites (N-methyl/N-ethyl adjacent to an activating group) is 1. The first-order valence-corrected chi connectivity index (χ1v) is 5.76. The summed E-state index contributed by atoms with van der Waals surface area (Å²) in [5.41, 5.74) is 0.227. The van der Waals surface area contributed by atoms with Crippen molar-refractivity contribution in [2.75, 3.05) is 23.8 Å². The Hall–Kier alpha value is -2.95. The van der Waals surface area contributed by atoms with Crippen molar-refractivity contribution in [2.24, 2.45) is 0 Å². The van der Waals surface area contributed by atoms with E-state index in [0.717, 1.165) is 0 Å². The monoisotopic (exact) mass is 272 g/mol. The number of nitrogens with zero attached hydrogens (tertiary/aromatic N) is 5. The van der Waals surface area contributed by atoms with Crippen molar-refractivity contribution >= 4 is 17.5 Å². The van der Waals surface area contributed by atoms with E-state index in [4.69, 9.17) is 9.78 Å². The van der Waals surface area contributed by atoms with Crippen molar-refractivity contribution in [1.29, 1.82) is 5.26 Å². The summed E-state index contributed by atoms with van der Waals surface area (Å²) in [4.78, 5) is 13.4. The van der Waals surface area contributed by atoms with E-state index in [2.05, 4.69) is 20.7 Å². The van der Waals surface area contributed by atoms with Crippen molar-refractivity contribution in [1.82, 2.24) is 15.4 Å². The summed E-state index contributed by atoms with van der Waals surface area (Å²) in [5.74, 6) is 1.22. The molecule has 1 amide bonds. The van der Waals surface area contributed by atoms with Crippen LogP contribution in [-0.2, 0) is 4.79 Å². The number of hydrogen-bond donors (Lipinski definition) is 1. The Balaban J connectivity index is 1.94. The van der Waals surface area contributed by atoms with Gasteiger partial charge in [0.2, 0.25) is 5.91 Å². The van der Waals surface area contributed by atoms with E-state index in [0.29, 0.717) is 17.4 Å². The van der Waals surface area contributed by atoms with Gasteiger partial charge in [0.25, 0.3) is 0 Å². The van der Waals surface area contributed by atoms with Gasteiger partial charge in [0.05, 0.1) is 6.54 Å². The van der Waals surface area contributed by atoms with Crippen LogP contribution in [0.2, 0.25) is 0 Å². The lowest BCUT2D eigenvalue weighted by atomic mass is 10.4. The van der Waals surface area contributed by atoms with Crippen LogP contribution < -0.4 is 10.2 Å². The number of aromatic nitrogens is 3. The van der Waals surface area contributed by atoms with Crippen LogP contribution in [0.15, 0.2) is 22.7 Å². The van der Waals surface area contributed by atoms with Crippen LogP contribution >= 0.6 is 0 Å². The van der Waals surface area contributed by atoms with Crippen molar-refractivity contribution in [3.8, 4) is 6.07 Å². The molecule has 0 aliphatic heterocycles. The fourth-order valence-corrected chi connectivity index (χ4v) is 1.49. The van der Waals surface area contributed by atoms with Gasteiger partial charge in [-0.05, 0) is 19.1 Å². The van der Waals surface area contributed by atoms with Crippen LogP contribution in [0, 0.1) is 18.3 Å². The molecule has 2 aromatic heterocycles. The molecule has 1 N–H and O–H groups in total. The van der Waals surface area contributed by atoms with Crippen LogP contribution in [0.5, 0.6) is 0 Å². The van der Waals surface area contributed by atoms with Gasteiger partial charge >= 0.3 is 0 Å². The summed E-state index contributed by atoms with van der Waals surface area (Å²) in [5, 5.41) is 22.5. The van der Waals surface area contributed by atoms with Crippen LogP contribution in [0.4, 0.5) is 11.6 Å². The standard InChI is InChI=1S/C12H12N6O2/c1-8-5-10(17-20-8)14-12(19)7-18(2)11-4-3-9(6-13)15-16-11/h3-5H,7H2,1-2H3,(H,14,17,19). The average molecular weight is 272 g/mol. The number of hydrogen-bond acceptors (Lipinski definition) is 7. The van der Waals surface area contributed by atoms with Gasteiger partial charge < -0.3 is 14.7 Å². The van der Waals surface area contributed by atoms with Crippen LogP contribution in [0.3, 0.4) is 0 Å². The second kappa shape index (κ2) is 5.79. The summed E-state index contributed by atoms with van der Waals surface area (Å²) < 4.78 is 4.85. The molecule has 2 rings (SSSR count). The molecule has 0 saturated carbocycles. The van der Waals surface area contributed by atoms with Crippen molar-refractivity contribution in [3.63, 3.8) is 0 Å². The minimum atomic E-state index is -0.257. The van der Waals surface area contributed by atoms with Gasteiger partial charge in [-0.25, -0.2) is 0 Å². The Bertz CT molecular complexity index is 643. The Morgan fingerprint density at radius 2 is 2.30 bits per heavy atom. The smallest absolute Gasteiger partial charge is 0.245 e. The zero-order chi connectivity index (χ0) is 14.5. The number of amides is 1. The van der Waals surface area contributed by atoms with E-state index in [-0.39, 0.29) is 18.1 Å². The van der Waals surface area contributed by atoms with E-state index in [9.17, 15) is 4.79 Å². The van der Waals surface area contributed by atoms with Gasteiger partial charge in [0.1, 0.15) is 11.8 Å². The molecule has 20 heavy (non-hydrogen) atoms. The van der Waals surface area contributed by atoms with Crippen LogP contribution in [0.25, 0.3) is 0 Å². The van der Waals surface area contributed by atoms with Gasteiger partial charge in [-0.2, -0.15) is 5.26 Å². The zero-order valence-electron chi connectivity index (χ0n) is 11.0. The van der Waals surface area contributed by atoms with Gasteiger partial charge in [0, 0.05) is 13.1 Å². The maximum absolute atomic E-state index is 11.8. The maximum atomic E-state index is 11.8. The van der Waals surface area contributed by atoms with E-state index in [1.165, 1.54) is 6.07 Å². The SMILES string of the molecule is Cc1cc(NC(=O)CN(C)c2ccc(C#N)nn2)no1. The number of anilines is 2. The van der Waals surface area contributed by atoms with Crippen molar-refractivity contribution in [3.05, 3.63) is 29.7 Å². The zero-order valence-corrected chi connectivity index (χ0v) is 11.0. The molecule has 0 saturated heterocycles. The van der Waals surface area contributed by atoms with E-state index in [1.54, 1.807) is 31.0 Å². The second-order valence-electron chi connectivity index (χ2n) is 4.12. The third kappa shape index (κ3) is 3.29. The third-order valence-electron chi connectivity index (χ3n) is 2.43.